The van der Waals surface area contributed by atoms with Gasteiger partial charge in [-0.15, -0.1) is 0 Å². The standard InChI is InChI=1S/C7H10BrNO3/c8-5-2-1-3-9(7(5)12)4-6(10)11/h5H,1-4H2,(H,10,11). The van der Waals surface area contributed by atoms with Gasteiger partial charge in [-0.25, -0.2) is 0 Å². The van der Waals surface area contributed by atoms with Gasteiger partial charge in [0.25, 0.3) is 0 Å². The van der Waals surface area contributed by atoms with E-state index in [1.165, 1.54) is 4.90 Å². The van der Waals surface area contributed by atoms with Crippen molar-refractivity contribution >= 4 is 27.8 Å². The van der Waals surface area contributed by atoms with Crippen molar-refractivity contribution < 1.29 is 14.7 Å². The molecule has 0 aromatic heterocycles. The Morgan fingerprint density at radius 3 is 3.00 bits per heavy atom. The molecule has 4 nitrogen and oxygen atoms in total. The number of likely N-dealkylation sites (tertiary alicyclic amines) is 1. The predicted octanol–water partition coefficient (Wildman–Crippen LogP) is 0.457. The molecule has 12 heavy (non-hydrogen) atoms. The van der Waals surface area contributed by atoms with Crippen molar-refractivity contribution in [2.24, 2.45) is 0 Å². The van der Waals surface area contributed by atoms with Crippen LogP contribution in [-0.2, 0) is 9.59 Å². The number of hydrogen-bond donors (Lipinski definition) is 1. The minimum absolute atomic E-state index is 0.108. The molecule has 5 heteroatoms. The molecular formula is C7H10BrNO3. The SMILES string of the molecule is O=C(O)CN1CCCC(Br)C1=O. The number of aliphatic carboxylic acids is 1. The van der Waals surface area contributed by atoms with Gasteiger partial charge < -0.3 is 10.0 Å². The average molecular weight is 236 g/mol. The largest absolute Gasteiger partial charge is 0.480 e. The topological polar surface area (TPSA) is 57.6 Å². The van der Waals surface area contributed by atoms with Crippen LogP contribution in [-0.4, -0.2) is 39.8 Å². The number of carboxylic acid groups (broad SMARTS) is 1. The zero-order valence-corrected chi connectivity index (χ0v) is 8.08. The molecular weight excluding hydrogens is 226 g/mol. The molecule has 1 unspecified atom stereocenters. The van der Waals surface area contributed by atoms with Crippen LogP contribution in [0.4, 0.5) is 0 Å². The number of piperidine rings is 1. The van der Waals surface area contributed by atoms with Crippen molar-refractivity contribution in [2.45, 2.75) is 17.7 Å². The lowest BCUT2D eigenvalue weighted by Crippen LogP contribution is -2.44. The summed E-state index contributed by atoms with van der Waals surface area (Å²) in [6.07, 6.45) is 1.67. The minimum atomic E-state index is -0.954. The van der Waals surface area contributed by atoms with Gasteiger partial charge in [-0.1, -0.05) is 15.9 Å². The van der Waals surface area contributed by atoms with Gasteiger partial charge in [-0.3, -0.25) is 9.59 Å². The molecule has 1 heterocycles. The molecule has 1 amide bonds. The van der Waals surface area contributed by atoms with Crippen molar-refractivity contribution in [1.29, 1.82) is 0 Å². The van der Waals surface area contributed by atoms with Gasteiger partial charge in [0.2, 0.25) is 5.91 Å². The second-order valence-corrected chi connectivity index (χ2v) is 3.87. The van der Waals surface area contributed by atoms with Crippen LogP contribution in [0.15, 0.2) is 0 Å². The van der Waals surface area contributed by atoms with Gasteiger partial charge in [0, 0.05) is 6.54 Å². The summed E-state index contributed by atoms with van der Waals surface area (Å²) in [5.41, 5.74) is 0. The Morgan fingerprint density at radius 1 is 1.75 bits per heavy atom. The van der Waals surface area contributed by atoms with E-state index in [1.807, 2.05) is 0 Å². The number of alkyl halides is 1. The summed E-state index contributed by atoms with van der Waals surface area (Å²) in [5, 5.41) is 8.46. The Morgan fingerprint density at radius 2 is 2.42 bits per heavy atom. The normalized spacial score (nSPS) is 24.2. The Hall–Kier alpha value is -0.580. The summed E-state index contributed by atoms with van der Waals surface area (Å²) in [4.78, 5) is 22.8. The number of carbonyl (C=O) groups excluding carboxylic acids is 1. The van der Waals surface area contributed by atoms with Crippen molar-refractivity contribution in [1.82, 2.24) is 4.90 Å². The highest BCUT2D eigenvalue weighted by Crippen LogP contribution is 2.17. The molecule has 0 bridgehead atoms. The van der Waals surface area contributed by atoms with E-state index < -0.39 is 5.97 Å². The van der Waals surface area contributed by atoms with E-state index in [-0.39, 0.29) is 17.3 Å². The first kappa shape index (κ1) is 9.51. The Labute approximate surface area is 78.7 Å². The smallest absolute Gasteiger partial charge is 0.323 e. The van der Waals surface area contributed by atoms with Crippen LogP contribution in [0.2, 0.25) is 0 Å². The zero-order valence-electron chi connectivity index (χ0n) is 6.49. The molecule has 1 saturated heterocycles. The van der Waals surface area contributed by atoms with Crippen LogP contribution in [0.25, 0.3) is 0 Å². The van der Waals surface area contributed by atoms with E-state index >= 15 is 0 Å². The monoisotopic (exact) mass is 235 g/mol. The number of carbonyl (C=O) groups is 2. The number of nitrogens with zero attached hydrogens (tertiary/aromatic N) is 1. The minimum Gasteiger partial charge on any atom is -0.480 e. The summed E-state index contributed by atoms with van der Waals surface area (Å²) >= 11 is 3.20. The van der Waals surface area contributed by atoms with Crippen LogP contribution in [0.1, 0.15) is 12.8 Å². The maximum atomic E-state index is 11.3. The molecule has 68 valence electrons. The second kappa shape index (κ2) is 3.89. The van der Waals surface area contributed by atoms with Gasteiger partial charge in [0.05, 0.1) is 4.83 Å². The molecule has 0 aromatic rings. The van der Waals surface area contributed by atoms with Crippen LogP contribution in [0.3, 0.4) is 0 Å². The van der Waals surface area contributed by atoms with Crippen molar-refractivity contribution in [3.05, 3.63) is 0 Å². The number of carboxylic acids is 1. The average Bonchev–Trinajstić information content (AvgIpc) is 1.98. The molecule has 1 rings (SSSR count). The van der Waals surface area contributed by atoms with E-state index in [1.54, 1.807) is 0 Å². The summed E-state index contributed by atoms with van der Waals surface area (Å²) in [7, 11) is 0. The molecule has 0 radical (unpaired) electrons. The van der Waals surface area contributed by atoms with Crippen LogP contribution in [0, 0.1) is 0 Å². The summed E-state index contributed by atoms with van der Waals surface area (Å²) in [5.74, 6) is -1.06. The van der Waals surface area contributed by atoms with E-state index in [0.717, 1.165) is 12.8 Å². The quantitative estimate of drug-likeness (QED) is 0.708. The third-order valence-electron chi connectivity index (χ3n) is 1.79. The third kappa shape index (κ3) is 2.20. The maximum absolute atomic E-state index is 11.3. The molecule has 1 N–H and O–H groups in total. The fourth-order valence-electron chi connectivity index (χ4n) is 1.21. The number of amides is 1. The van der Waals surface area contributed by atoms with Gasteiger partial charge >= 0.3 is 5.97 Å². The Kier molecular flexibility index (Phi) is 3.08. The number of hydrogen-bond acceptors (Lipinski definition) is 2. The van der Waals surface area contributed by atoms with Crippen molar-refractivity contribution in [3.63, 3.8) is 0 Å². The van der Waals surface area contributed by atoms with Crippen molar-refractivity contribution in [2.75, 3.05) is 13.1 Å². The van der Waals surface area contributed by atoms with Crippen LogP contribution in [0.5, 0.6) is 0 Å². The zero-order chi connectivity index (χ0) is 9.14. The number of halogens is 1. The first-order chi connectivity index (χ1) is 5.61. The van der Waals surface area contributed by atoms with E-state index in [2.05, 4.69) is 15.9 Å². The Balaban J connectivity index is 2.52. The first-order valence-corrected chi connectivity index (χ1v) is 4.67. The lowest BCUT2D eigenvalue weighted by Gasteiger charge is -2.28. The fraction of sp³-hybridized carbons (Fsp3) is 0.714. The maximum Gasteiger partial charge on any atom is 0.323 e. The second-order valence-electron chi connectivity index (χ2n) is 2.76. The highest BCUT2D eigenvalue weighted by atomic mass is 79.9. The van der Waals surface area contributed by atoms with E-state index in [9.17, 15) is 9.59 Å². The summed E-state index contributed by atoms with van der Waals surface area (Å²) < 4.78 is 0. The lowest BCUT2D eigenvalue weighted by molar-refractivity contribution is -0.145. The Bertz CT molecular complexity index is 207. The van der Waals surface area contributed by atoms with Gasteiger partial charge in [-0.05, 0) is 12.8 Å². The first-order valence-electron chi connectivity index (χ1n) is 3.76. The van der Waals surface area contributed by atoms with Gasteiger partial charge in [-0.2, -0.15) is 0 Å². The molecule has 1 fully saturated rings. The van der Waals surface area contributed by atoms with Gasteiger partial charge in [0.1, 0.15) is 6.54 Å². The molecule has 0 aromatic carbocycles. The lowest BCUT2D eigenvalue weighted by atomic mass is 10.1. The van der Waals surface area contributed by atoms with E-state index in [0.29, 0.717) is 6.54 Å². The highest BCUT2D eigenvalue weighted by molar-refractivity contribution is 9.10. The third-order valence-corrected chi connectivity index (χ3v) is 2.64. The summed E-state index contributed by atoms with van der Waals surface area (Å²) in [6.45, 7) is 0.383. The van der Waals surface area contributed by atoms with Crippen molar-refractivity contribution in [3.8, 4) is 0 Å². The molecule has 1 aliphatic rings. The van der Waals surface area contributed by atoms with Crippen LogP contribution < -0.4 is 0 Å². The highest BCUT2D eigenvalue weighted by Gasteiger charge is 2.27. The van der Waals surface area contributed by atoms with E-state index in [4.69, 9.17) is 5.11 Å². The predicted molar refractivity (Wildman–Crippen MR) is 46.2 cm³/mol. The molecule has 1 atom stereocenters. The van der Waals surface area contributed by atoms with Crippen LogP contribution >= 0.6 is 15.9 Å². The summed E-state index contributed by atoms with van der Waals surface area (Å²) in [6, 6.07) is 0. The molecule has 0 spiro atoms. The molecule has 1 aliphatic heterocycles. The van der Waals surface area contributed by atoms with Gasteiger partial charge in [0.15, 0.2) is 0 Å². The number of rotatable bonds is 2. The fourth-order valence-corrected chi connectivity index (χ4v) is 1.83. The molecule has 0 saturated carbocycles. The molecule has 0 aliphatic carbocycles.